The van der Waals surface area contributed by atoms with Crippen molar-refractivity contribution in [2.24, 2.45) is 5.92 Å². The second-order valence-corrected chi connectivity index (χ2v) is 5.31. The molecule has 0 fully saturated rings. The maximum atomic E-state index is 12.0. The number of nitrogens with one attached hydrogen (secondary N) is 1. The van der Waals surface area contributed by atoms with E-state index in [1.165, 1.54) is 6.26 Å². The maximum absolute atomic E-state index is 12.0. The molecule has 1 atom stereocenters. The van der Waals surface area contributed by atoms with Gasteiger partial charge in [-0.3, -0.25) is 9.48 Å². The fraction of sp³-hybridized carbons (Fsp3) is 0.467. The summed E-state index contributed by atoms with van der Waals surface area (Å²) in [5.41, 5.74) is 2.77. The van der Waals surface area contributed by atoms with E-state index in [0.717, 1.165) is 17.9 Å². The van der Waals surface area contributed by atoms with Crippen LogP contribution in [0, 0.1) is 26.7 Å². The van der Waals surface area contributed by atoms with Gasteiger partial charge in [0.15, 0.2) is 0 Å². The predicted molar refractivity (Wildman–Crippen MR) is 76.6 cm³/mol. The molecule has 0 spiro atoms. The minimum absolute atomic E-state index is 0.0866. The Hall–Kier alpha value is -2.04. The fourth-order valence-electron chi connectivity index (χ4n) is 2.20. The van der Waals surface area contributed by atoms with Crippen molar-refractivity contribution in [1.29, 1.82) is 0 Å². The van der Waals surface area contributed by atoms with Gasteiger partial charge in [0.2, 0.25) is 0 Å². The van der Waals surface area contributed by atoms with Crippen LogP contribution in [0.1, 0.15) is 34.4 Å². The minimum Gasteiger partial charge on any atom is -0.469 e. The molecule has 2 rings (SSSR count). The lowest BCUT2D eigenvalue weighted by Crippen LogP contribution is -2.30. The molecular formula is C15H21N3O2. The van der Waals surface area contributed by atoms with E-state index in [-0.39, 0.29) is 5.91 Å². The molecule has 5 heteroatoms. The monoisotopic (exact) mass is 275 g/mol. The van der Waals surface area contributed by atoms with E-state index >= 15 is 0 Å². The van der Waals surface area contributed by atoms with Crippen LogP contribution in [-0.2, 0) is 6.54 Å². The Bertz CT molecular complexity index is 598. The lowest BCUT2D eigenvalue weighted by Gasteiger charge is -2.13. The SMILES string of the molecule is Cc1cc(C)n(C[C@@H](C)CNC(=O)c2ccoc2C)n1. The molecular weight excluding hydrogens is 254 g/mol. The Morgan fingerprint density at radius 2 is 2.20 bits per heavy atom. The Balaban J connectivity index is 1.86. The predicted octanol–water partition coefficient (Wildman–Crippen LogP) is 2.47. The summed E-state index contributed by atoms with van der Waals surface area (Å²) in [7, 11) is 0. The molecule has 2 aromatic rings. The van der Waals surface area contributed by atoms with E-state index < -0.39 is 0 Å². The molecule has 0 saturated carbocycles. The van der Waals surface area contributed by atoms with Gasteiger partial charge in [0.25, 0.3) is 5.91 Å². The third-order valence-electron chi connectivity index (χ3n) is 3.30. The molecule has 0 aromatic carbocycles. The van der Waals surface area contributed by atoms with Crippen molar-refractivity contribution in [3.05, 3.63) is 41.1 Å². The molecule has 1 N–H and O–H groups in total. The summed E-state index contributed by atoms with van der Waals surface area (Å²) in [4.78, 5) is 12.0. The highest BCUT2D eigenvalue weighted by Gasteiger charge is 2.13. The summed E-state index contributed by atoms with van der Waals surface area (Å²) >= 11 is 0. The molecule has 1 amide bonds. The van der Waals surface area contributed by atoms with Gasteiger partial charge in [0.05, 0.1) is 17.5 Å². The topological polar surface area (TPSA) is 60.1 Å². The van der Waals surface area contributed by atoms with Crippen molar-refractivity contribution in [3.63, 3.8) is 0 Å². The van der Waals surface area contributed by atoms with Gasteiger partial charge in [-0.15, -0.1) is 0 Å². The summed E-state index contributed by atoms with van der Waals surface area (Å²) in [6.45, 7) is 9.32. The Morgan fingerprint density at radius 3 is 2.75 bits per heavy atom. The lowest BCUT2D eigenvalue weighted by atomic mass is 10.1. The Morgan fingerprint density at radius 1 is 1.45 bits per heavy atom. The van der Waals surface area contributed by atoms with Crippen LogP contribution < -0.4 is 5.32 Å². The zero-order chi connectivity index (χ0) is 14.7. The first-order valence-electron chi connectivity index (χ1n) is 6.80. The largest absolute Gasteiger partial charge is 0.469 e. The third kappa shape index (κ3) is 3.29. The van der Waals surface area contributed by atoms with Crippen molar-refractivity contribution in [1.82, 2.24) is 15.1 Å². The molecule has 20 heavy (non-hydrogen) atoms. The molecule has 0 radical (unpaired) electrons. The summed E-state index contributed by atoms with van der Waals surface area (Å²) in [6, 6.07) is 3.75. The average Bonchev–Trinajstić information content (AvgIpc) is 2.93. The first-order chi connectivity index (χ1) is 9.47. The molecule has 0 saturated heterocycles. The van der Waals surface area contributed by atoms with Crippen molar-refractivity contribution < 1.29 is 9.21 Å². The maximum Gasteiger partial charge on any atom is 0.254 e. The quantitative estimate of drug-likeness (QED) is 0.912. The van der Waals surface area contributed by atoms with E-state index in [0.29, 0.717) is 23.8 Å². The van der Waals surface area contributed by atoms with Crippen LogP contribution in [0.15, 0.2) is 22.8 Å². The number of amides is 1. The van der Waals surface area contributed by atoms with Crippen LogP contribution >= 0.6 is 0 Å². The van der Waals surface area contributed by atoms with Gasteiger partial charge in [-0.05, 0) is 38.8 Å². The zero-order valence-corrected chi connectivity index (χ0v) is 12.4. The Kier molecular flexibility index (Phi) is 4.27. The number of rotatable bonds is 5. The number of hydrogen-bond acceptors (Lipinski definition) is 3. The fourth-order valence-corrected chi connectivity index (χ4v) is 2.20. The second kappa shape index (κ2) is 5.94. The van der Waals surface area contributed by atoms with Gasteiger partial charge in [0, 0.05) is 18.8 Å². The van der Waals surface area contributed by atoms with Gasteiger partial charge >= 0.3 is 0 Å². The third-order valence-corrected chi connectivity index (χ3v) is 3.30. The van der Waals surface area contributed by atoms with E-state index in [1.54, 1.807) is 13.0 Å². The van der Waals surface area contributed by atoms with Crippen molar-refractivity contribution in [2.75, 3.05) is 6.54 Å². The highest BCUT2D eigenvalue weighted by molar-refractivity contribution is 5.94. The summed E-state index contributed by atoms with van der Waals surface area (Å²) in [6.07, 6.45) is 1.53. The molecule has 0 aliphatic rings. The van der Waals surface area contributed by atoms with Crippen LogP contribution in [0.3, 0.4) is 0 Å². The molecule has 0 aliphatic carbocycles. The van der Waals surface area contributed by atoms with Crippen molar-refractivity contribution in [2.45, 2.75) is 34.2 Å². The molecule has 2 heterocycles. The smallest absolute Gasteiger partial charge is 0.254 e. The number of aryl methyl sites for hydroxylation is 3. The number of furan rings is 1. The van der Waals surface area contributed by atoms with Crippen LogP contribution in [0.4, 0.5) is 0 Å². The van der Waals surface area contributed by atoms with Gasteiger partial charge in [-0.25, -0.2) is 0 Å². The Labute approximate surface area is 119 Å². The van der Waals surface area contributed by atoms with Crippen molar-refractivity contribution in [3.8, 4) is 0 Å². The number of nitrogens with zero attached hydrogens (tertiary/aromatic N) is 2. The highest BCUT2D eigenvalue weighted by atomic mass is 16.3. The summed E-state index contributed by atoms with van der Waals surface area (Å²) in [5, 5.41) is 7.36. The van der Waals surface area contributed by atoms with E-state index in [2.05, 4.69) is 23.4 Å². The normalized spacial score (nSPS) is 12.4. The average molecular weight is 275 g/mol. The van der Waals surface area contributed by atoms with Gasteiger partial charge in [-0.2, -0.15) is 5.10 Å². The van der Waals surface area contributed by atoms with Crippen LogP contribution in [0.2, 0.25) is 0 Å². The number of aromatic nitrogens is 2. The highest BCUT2D eigenvalue weighted by Crippen LogP contribution is 2.09. The van der Waals surface area contributed by atoms with E-state index in [9.17, 15) is 4.79 Å². The first-order valence-corrected chi connectivity index (χ1v) is 6.80. The van der Waals surface area contributed by atoms with E-state index in [1.807, 2.05) is 18.5 Å². The lowest BCUT2D eigenvalue weighted by molar-refractivity contribution is 0.0945. The van der Waals surface area contributed by atoms with Crippen LogP contribution in [0.25, 0.3) is 0 Å². The van der Waals surface area contributed by atoms with Crippen LogP contribution in [-0.4, -0.2) is 22.2 Å². The second-order valence-electron chi connectivity index (χ2n) is 5.31. The van der Waals surface area contributed by atoms with Gasteiger partial charge in [-0.1, -0.05) is 6.92 Å². The van der Waals surface area contributed by atoms with E-state index in [4.69, 9.17) is 4.42 Å². The molecule has 108 valence electrons. The molecule has 5 nitrogen and oxygen atoms in total. The van der Waals surface area contributed by atoms with Gasteiger partial charge < -0.3 is 9.73 Å². The molecule has 0 aliphatic heterocycles. The summed E-state index contributed by atoms with van der Waals surface area (Å²) < 4.78 is 7.11. The molecule has 0 bridgehead atoms. The molecule has 0 unspecified atom stereocenters. The molecule has 2 aromatic heterocycles. The number of hydrogen-bond donors (Lipinski definition) is 1. The minimum atomic E-state index is -0.0866. The standard InChI is InChI=1S/C15H21N3O2/c1-10(9-18-12(3)7-11(2)17-18)8-16-15(19)14-5-6-20-13(14)4/h5-7,10H,8-9H2,1-4H3,(H,16,19)/t10-/m0/s1. The summed E-state index contributed by atoms with van der Waals surface area (Å²) in [5.74, 6) is 0.870. The number of carbonyl (C=O) groups excluding carboxylic acids is 1. The van der Waals surface area contributed by atoms with Gasteiger partial charge in [0.1, 0.15) is 5.76 Å². The number of carbonyl (C=O) groups is 1. The zero-order valence-electron chi connectivity index (χ0n) is 12.4. The van der Waals surface area contributed by atoms with Crippen LogP contribution in [0.5, 0.6) is 0 Å². The first kappa shape index (κ1) is 14.4. The van der Waals surface area contributed by atoms with Crippen molar-refractivity contribution >= 4 is 5.91 Å².